The summed E-state index contributed by atoms with van der Waals surface area (Å²) in [6.07, 6.45) is 4.13. The van der Waals surface area contributed by atoms with Gasteiger partial charge in [0.05, 0.1) is 18.3 Å². The fourth-order valence-electron chi connectivity index (χ4n) is 4.34. The van der Waals surface area contributed by atoms with E-state index in [-0.39, 0.29) is 12.1 Å². The molecule has 0 fully saturated rings. The van der Waals surface area contributed by atoms with Crippen molar-refractivity contribution in [3.05, 3.63) is 112 Å². The Hall–Kier alpha value is -3.15. The highest BCUT2D eigenvalue weighted by Gasteiger charge is 2.33. The van der Waals surface area contributed by atoms with E-state index in [9.17, 15) is 4.79 Å². The number of hydrogen-bond donors (Lipinski definition) is 1. The molecule has 1 N–H and O–H groups in total. The molecule has 0 spiro atoms. The number of benzene rings is 3. The number of nitrogens with one attached hydrogen (secondary N) is 1. The van der Waals surface area contributed by atoms with Crippen molar-refractivity contribution in [2.75, 3.05) is 11.6 Å². The second-order valence-corrected chi connectivity index (χ2v) is 9.42. The van der Waals surface area contributed by atoms with Crippen LogP contribution < -0.4 is 5.32 Å². The molecule has 0 saturated heterocycles. The lowest BCUT2D eigenvalue weighted by molar-refractivity contribution is 0.194. The molecule has 0 bridgehead atoms. The summed E-state index contributed by atoms with van der Waals surface area (Å²) in [5.41, 5.74) is 5.96. The van der Waals surface area contributed by atoms with Crippen LogP contribution in [0.4, 0.5) is 10.5 Å². The topological polar surface area (TPSA) is 37.3 Å². The molecule has 1 aliphatic heterocycles. The molecule has 2 amide bonds. The van der Waals surface area contributed by atoms with Gasteiger partial charge in [0.2, 0.25) is 0 Å². The van der Waals surface area contributed by atoms with Crippen LogP contribution in [0, 0.1) is 6.92 Å². The first-order valence-electron chi connectivity index (χ1n) is 10.8. The van der Waals surface area contributed by atoms with Crippen molar-refractivity contribution in [2.24, 2.45) is 0 Å². The number of urea groups is 1. The monoisotopic (exact) mass is 473 g/mol. The molecule has 4 aromatic rings. The summed E-state index contributed by atoms with van der Waals surface area (Å²) in [6, 6.07) is 26.0. The van der Waals surface area contributed by atoms with Crippen LogP contribution in [0.1, 0.15) is 28.4 Å². The molecule has 1 atom stereocenters. The van der Waals surface area contributed by atoms with Gasteiger partial charge in [0.1, 0.15) is 0 Å². The third-order valence-electron chi connectivity index (χ3n) is 6.08. The number of carbonyl (C=O) groups is 1. The summed E-state index contributed by atoms with van der Waals surface area (Å²) in [6.45, 7) is 2.43. The number of aryl methyl sites for hydroxylation is 1. The SMILES string of the molecule is CSc1ccc([C@@H]2c3cccn3-c3ccccc3CN2C(=O)Nc2ccc(C)c(Cl)c2)cc1. The maximum Gasteiger partial charge on any atom is 0.322 e. The number of rotatable bonds is 3. The van der Waals surface area contributed by atoms with Crippen molar-refractivity contribution in [3.63, 3.8) is 0 Å². The molecule has 1 aliphatic rings. The average Bonchev–Trinajstić information content (AvgIpc) is 3.26. The van der Waals surface area contributed by atoms with E-state index in [0.29, 0.717) is 17.3 Å². The maximum absolute atomic E-state index is 13.7. The fourth-order valence-corrected chi connectivity index (χ4v) is 4.93. The van der Waals surface area contributed by atoms with Crippen molar-refractivity contribution < 1.29 is 4.79 Å². The van der Waals surface area contributed by atoms with Gasteiger partial charge in [-0.15, -0.1) is 11.8 Å². The lowest BCUT2D eigenvalue weighted by Gasteiger charge is -2.31. The van der Waals surface area contributed by atoms with Gasteiger partial charge in [0.25, 0.3) is 0 Å². The molecule has 0 aliphatic carbocycles. The summed E-state index contributed by atoms with van der Waals surface area (Å²) >= 11 is 8.02. The van der Waals surface area contributed by atoms with E-state index in [1.165, 1.54) is 4.90 Å². The molecule has 3 aromatic carbocycles. The van der Waals surface area contributed by atoms with Crippen molar-refractivity contribution >= 4 is 35.1 Å². The fraction of sp³-hybridized carbons (Fsp3) is 0.148. The first kappa shape index (κ1) is 21.7. The smallest absolute Gasteiger partial charge is 0.318 e. The van der Waals surface area contributed by atoms with E-state index < -0.39 is 0 Å². The van der Waals surface area contributed by atoms with Crippen LogP contribution in [0.2, 0.25) is 5.02 Å². The van der Waals surface area contributed by atoms with Gasteiger partial charge in [-0.2, -0.15) is 0 Å². The number of halogens is 1. The Morgan fingerprint density at radius 3 is 2.58 bits per heavy atom. The predicted molar refractivity (Wildman–Crippen MR) is 137 cm³/mol. The van der Waals surface area contributed by atoms with E-state index in [0.717, 1.165) is 28.1 Å². The molecule has 166 valence electrons. The van der Waals surface area contributed by atoms with Crippen LogP contribution >= 0.6 is 23.4 Å². The number of carbonyl (C=O) groups excluding carboxylic acids is 1. The summed E-state index contributed by atoms with van der Waals surface area (Å²) in [4.78, 5) is 16.8. The molecule has 33 heavy (non-hydrogen) atoms. The summed E-state index contributed by atoms with van der Waals surface area (Å²) < 4.78 is 2.19. The summed E-state index contributed by atoms with van der Waals surface area (Å²) in [7, 11) is 0. The van der Waals surface area contributed by atoms with Gasteiger partial charge >= 0.3 is 6.03 Å². The number of nitrogens with zero attached hydrogens (tertiary/aromatic N) is 2. The molecule has 0 saturated carbocycles. The standard InChI is InChI=1S/C27H24ClN3OS/c1-18-9-12-21(16-23(18)28)29-27(32)31-17-20-6-3-4-7-24(20)30-15-5-8-25(30)26(31)19-10-13-22(33-2)14-11-19/h3-16,26H,17H2,1-2H3,(H,29,32)/t26-/m1/s1. The number of aromatic nitrogens is 1. The Kier molecular flexibility index (Phi) is 5.92. The number of para-hydroxylation sites is 1. The zero-order valence-corrected chi connectivity index (χ0v) is 20.0. The predicted octanol–water partition coefficient (Wildman–Crippen LogP) is 7.30. The van der Waals surface area contributed by atoms with E-state index in [1.807, 2.05) is 42.2 Å². The molecule has 4 nitrogen and oxygen atoms in total. The van der Waals surface area contributed by atoms with Crippen molar-refractivity contribution in [1.82, 2.24) is 9.47 Å². The minimum absolute atomic E-state index is 0.168. The molecular weight excluding hydrogens is 450 g/mol. The highest BCUT2D eigenvalue weighted by molar-refractivity contribution is 7.98. The Labute approximate surface area is 203 Å². The van der Waals surface area contributed by atoms with Gasteiger partial charge in [-0.1, -0.05) is 48.0 Å². The number of anilines is 1. The highest BCUT2D eigenvalue weighted by Crippen LogP contribution is 2.37. The van der Waals surface area contributed by atoms with Crippen molar-refractivity contribution in [1.29, 1.82) is 0 Å². The van der Waals surface area contributed by atoms with Gasteiger partial charge in [0.15, 0.2) is 0 Å². The molecule has 1 aromatic heterocycles. The van der Waals surface area contributed by atoms with E-state index in [2.05, 4.69) is 64.8 Å². The van der Waals surface area contributed by atoms with Crippen LogP contribution in [-0.4, -0.2) is 21.8 Å². The number of hydrogen-bond acceptors (Lipinski definition) is 2. The Bertz CT molecular complexity index is 1320. The largest absolute Gasteiger partial charge is 0.322 e. The minimum atomic E-state index is -0.246. The third-order valence-corrected chi connectivity index (χ3v) is 7.23. The first-order chi connectivity index (χ1) is 16.0. The number of thioether (sulfide) groups is 1. The van der Waals surface area contributed by atoms with E-state index in [1.54, 1.807) is 17.8 Å². The van der Waals surface area contributed by atoms with Crippen LogP contribution in [0.5, 0.6) is 0 Å². The van der Waals surface area contributed by atoms with Gasteiger partial charge < -0.3 is 14.8 Å². The molecule has 5 rings (SSSR count). The minimum Gasteiger partial charge on any atom is -0.318 e. The zero-order valence-electron chi connectivity index (χ0n) is 18.5. The van der Waals surface area contributed by atoms with Crippen molar-refractivity contribution in [2.45, 2.75) is 24.4 Å². The van der Waals surface area contributed by atoms with Gasteiger partial charge in [-0.05, 0) is 72.3 Å². The van der Waals surface area contributed by atoms with Crippen LogP contribution in [0.25, 0.3) is 5.69 Å². The Balaban J connectivity index is 1.61. The van der Waals surface area contributed by atoms with Crippen molar-refractivity contribution in [3.8, 4) is 5.69 Å². The number of amides is 2. The second kappa shape index (κ2) is 9.00. The molecule has 0 unspecified atom stereocenters. The highest BCUT2D eigenvalue weighted by atomic mass is 35.5. The van der Waals surface area contributed by atoms with E-state index in [4.69, 9.17) is 11.6 Å². The van der Waals surface area contributed by atoms with Gasteiger partial charge in [0, 0.05) is 27.5 Å². The second-order valence-electron chi connectivity index (χ2n) is 8.13. The first-order valence-corrected chi connectivity index (χ1v) is 12.4. The molecule has 0 radical (unpaired) electrons. The average molecular weight is 474 g/mol. The third kappa shape index (κ3) is 4.14. The van der Waals surface area contributed by atoms with Crippen LogP contribution in [0.3, 0.4) is 0 Å². The zero-order chi connectivity index (χ0) is 22.9. The Morgan fingerprint density at radius 1 is 1.03 bits per heavy atom. The van der Waals surface area contributed by atoms with Gasteiger partial charge in [-0.25, -0.2) is 4.79 Å². The lowest BCUT2D eigenvalue weighted by Crippen LogP contribution is -2.37. The number of fused-ring (bicyclic) bond motifs is 3. The summed E-state index contributed by atoms with van der Waals surface area (Å²) in [5.74, 6) is 0. The quantitative estimate of drug-likeness (QED) is 0.317. The summed E-state index contributed by atoms with van der Waals surface area (Å²) in [5, 5.41) is 3.70. The lowest BCUT2D eigenvalue weighted by atomic mass is 10.0. The molecular formula is C27H24ClN3OS. The van der Waals surface area contributed by atoms with E-state index >= 15 is 0 Å². The molecule has 2 heterocycles. The maximum atomic E-state index is 13.7. The van der Waals surface area contributed by atoms with Crippen LogP contribution in [-0.2, 0) is 6.54 Å². The van der Waals surface area contributed by atoms with Gasteiger partial charge in [-0.3, -0.25) is 0 Å². The van der Waals surface area contributed by atoms with Crippen LogP contribution in [0.15, 0.2) is 90.0 Å². The normalized spacial score (nSPS) is 14.9. The Morgan fingerprint density at radius 2 is 1.82 bits per heavy atom. The molecule has 6 heteroatoms.